The van der Waals surface area contributed by atoms with Crippen molar-refractivity contribution in [2.24, 2.45) is 0 Å². The second kappa shape index (κ2) is 5.19. The maximum Gasteiger partial charge on any atom is 0.0864 e. The maximum atomic E-state index is 9.05. The van der Waals surface area contributed by atoms with Crippen molar-refractivity contribution in [2.45, 2.75) is 11.0 Å². The Morgan fingerprint density at radius 1 is 1.25 bits per heavy atom. The maximum absolute atomic E-state index is 9.05. The van der Waals surface area contributed by atoms with E-state index in [9.17, 15) is 0 Å². The van der Waals surface area contributed by atoms with Crippen LogP contribution in [0.3, 0.4) is 0 Å². The first kappa shape index (κ1) is 9.58. The molecule has 0 fully saturated rings. The molecule has 0 unspecified atom stereocenters. The Hall–Kier alpha value is -0.510. The number of benzene rings is 1. The summed E-state index contributed by atoms with van der Waals surface area (Å²) in [6.07, 6.45) is -0.616. The third kappa shape index (κ3) is 3.26. The molecule has 12 heavy (non-hydrogen) atoms. The van der Waals surface area contributed by atoms with Gasteiger partial charge in [-0.05, 0) is 12.1 Å². The van der Waals surface area contributed by atoms with Crippen molar-refractivity contribution in [3.63, 3.8) is 0 Å². The fourth-order valence-corrected chi connectivity index (χ4v) is 1.60. The van der Waals surface area contributed by atoms with Gasteiger partial charge in [0.25, 0.3) is 0 Å². The molecule has 0 saturated carbocycles. The van der Waals surface area contributed by atoms with E-state index in [1.54, 1.807) is 11.8 Å². The lowest BCUT2D eigenvalue weighted by Gasteiger charge is -2.05. The molecule has 0 aliphatic rings. The van der Waals surface area contributed by atoms with Gasteiger partial charge in [-0.3, -0.25) is 0 Å². The summed E-state index contributed by atoms with van der Waals surface area (Å²) in [4.78, 5) is 1.12. The van der Waals surface area contributed by atoms with Crippen molar-refractivity contribution in [1.82, 2.24) is 0 Å². The predicted octanol–water partition coefficient (Wildman–Crippen LogP) is 1.13. The highest BCUT2D eigenvalue weighted by Gasteiger charge is 2.01. The number of rotatable bonds is 4. The van der Waals surface area contributed by atoms with Crippen LogP contribution in [0.5, 0.6) is 0 Å². The zero-order valence-electron chi connectivity index (χ0n) is 6.68. The molecule has 1 rings (SSSR count). The van der Waals surface area contributed by atoms with Crippen LogP contribution in [0.25, 0.3) is 0 Å². The van der Waals surface area contributed by atoms with Crippen LogP contribution in [0.4, 0.5) is 0 Å². The van der Waals surface area contributed by atoms with E-state index < -0.39 is 6.10 Å². The Morgan fingerprint density at radius 2 is 1.92 bits per heavy atom. The first-order valence-corrected chi connectivity index (χ1v) is 4.78. The Morgan fingerprint density at radius 3 is 2.50 bits per heavy atom. The topological polar surface area (TPSA) is 40.5 Å². The first-order valence-electron chi connectivity index (χ1n) is 3.79. The van der Waals surface area contributed by atoms with E-state index in [0.29, 0.717) is 5.75 Å². The molecule has 0 aliphatic carbocycles. The monoisotopic (exact) mass is 184 g/mol. The van der Waals surface area contributed by atoms with Gasteiger partial charge in [0.15, 0.2) is 0 Å². The third-order valence-electron chi connectivity index (χ3n) is 1.40. The van der Waals surface area contributed by atoms with Crippen LogP contribution >= 0.6 is 11.8 Å². The van der Waals surface area contributed by atoms with Crippen molar-refractivity contribution >= 4 is 11.8 Å². The van der Waals surface area contributed by atoms with Gasteiger partial charge < -0.3 is 10.2 Å². The van der Waals surface area contributed by atoms with E-state index in [4.69, 9.17) is 10.2 Å². The molecule has 0 amide bonds. The van der Waals surface area contributed by atoms with Gasteiger partial charge in [-0.25, -0.2) is 0 Å². The molecule has 1 aromatic rings. The second-order valence-electron chi connectivity index (χ2n) is 2.46. The molecular weight excluding hydrogens is 172 g/mol. The lowest BCUT2D eigenvalue weighted by molar-refractivity contribution is 0.113. The van der Waals surface area contributed by atoms with Crippen molar-refractivity contribution in [1.29, 1.82) is 0 Å². The summed E-state index contributed by atoms with van der Waals surface area (Å²) in [5.74, 6) is 0.542. The molecule has 2 N–H and O–H groups in total. The lowest BCUT2D eigenvalue weighted by Crippen LogP contribution is -2.14. The van der Waals surface area contributed by atoms with E-state index in [1.807, 2.05) is 30.3 Å². The van der Waals surface area contributed by atoms with Crippen LogP contribution in [-0.4, -0.2) is 28.7 Å². The molecular formula is C9H12O2S. The van der Waals surface area contributed by atoms with E-state index >= 15 is 0 Å². The molecule has 1 atom stereocenters. The summed E-state index contributed by atoms with van der Waals surface area (Å²) in [7, 11) is 0. The average Bonchev–Trinajstić information content (AvgIpc) is 2.16. The Kier molecular flexibility index (Phi) is 4.14. The third-order valence-corrected chi connectivity index (χ3v) is 2.55. The van der Waals surface area contributed by atoms with Gasteiger partial charge in [0.05, 0.1) is 12.7 Å². The van der Waals surface area contributed by atoms with Crippen molar-refractivity contribution in [3.05, 3.63) is 30.3 Å². The molecule has 0 saturated heterocycles. The van der Waals surface area contributed by atoms with Gasteiger partial charge in [0.1, 0.15) is 0 Å². The molecule has 0 aliphatic heterocycles. The lowest BCUT2D eigenvalue weighted by atomic mass is 10.4. The fourth-order valence-electron chi connectivity index (χ4n) is 0.762. The van der Waals surface area contributed by atoms with E-state index in [1.165, 1.54) is 0 Å². The van der Waals surface area contributed by atoms with Gasteiger partial charge in [0, 0.05) is 10.6 Å². The van der Waals surface area contributed by atoms with Gasteiger partial charge in [-0.2, -0.15) is 0 Å². The van der Waals surface area contributed by atoms with Crippen molar-refractivity contribution in [3.8, 4) is 0 Å². The summed E-state index contributed by atoms with van der Waals surface area (Å²) in [6, 6.07) is 9.82. The minimum absolute atomic E-state index is 0.167. The van der Waals surface area contributed by atoms with Gasteiger partial charge >= 0.3 is 0 Å². The highest BCUT2D eigenvalue weighted by atomic mass is 32.2. The predicted molar refractivity (Wildman–Crippen MR) is 50.3 cm³/mol. The zero-order valence-corrected chi connectivity index (χ0v) is 7.50. The number of aliphatic hydroxyl groups is 2. The van der Waals surface area contributed by atoms with Crippen LogP contribution in [0.15, 0.2) is 35.2 Å². The fraction of sp³-hybridized carbons (Fsp3) is 0.333. The summed E-state index contributed by atoms with van der Waals surface area (Å²) in [5, 5.41) is 17.6. The summed E-state index contributed by atoms with van der Waals surface area (Å²) in [6.45, 7) is -0.167. The molecule has 3 heteroatoms. The second-order valence-corrected chi connectivity index (χ2v) is 3.55. The molecule has 0 radical (unpaired) electrons. The highest BCUT2D eigenvalue weighted by molar-refractivity contribution is 7.99. The largest absolute Gasteiger partial charge is 0.394 e. The molecule has 0 bridgehead atoms. The van der Waals surface area contributed by atoms with Gasteiger partial charge in [-0.1, -0.05) is 18.2 Å². The summed E-state index contributed by atoms with van der Waals surface area (Å²) >= 11 is 1.54. The summed E-state index contributed by atoms with van der Waals surface area (Å²) < 4.78 is 0. The van der Waals surface area contributed by atoms with E-state index in [0.717, 1.165) is 4.90 Å². The number of hydrogen-bond donors (Lipinski definition) is 2. The van der Waals surface area contributed by atoms with Crippen LogP contribution in [-0.2, 0) is 0 Å². The van der Waals surface area contributed by atoms with Gasteiger partial charge in [0.2, 0.25) is 0 Å². The number of hydrogen-bond acceptors (Lipinski definition) is 3. The molecule has 2 nitrogen and oxygen atoms in total. The Labute approximate surface area is 76.2 Å². The Bertz CT molecular complexity index is 213. The van der Waals surface area contributed by atoms with Crippen molar-refractivity contribution in [2.75, 3.05) is 12.4 Å². The van der Waals surface area contributed by atoms with Gasteiger partial charge in [-0.15, -0.1) is 11.8 Å². The summed E-state index contributed by atoms with van der Waals surface area (Å²) in [5.41, 5.74) is 0. The smallest absolute Gasteiger partial charge is 0.0864 e. The van der Waals surface area contributed by atoms with Crippen LogP contribution in [0.2, 0.25) is 0 Å². The molecule has 0 aromatic heterocycles. The Balaban J connectivity index is 2.33. The quantitative estimate of drug-likeness (QED) is 0.689. The van der Waals surface area contributed by atoms with E-state index in [2.05, 4.69) is 0 Å². The normalized spacial score (nSPS) is 12.8. The molecule has 66 valence electrons. The minimum Gasteiger partial charge on any atom is -0.394 e. The van der Waals surface area contributed by atoms with Crippen LogP contribution < -0.4 is 0 Å². The standard InChI is InChI=1S/C9H12O2S/c10-6-8(11)7-12-9-4-2-1-3-5-9/h1-5,8,10-11H,6-7H2/t8-/m1/s1. The minimum atomic E-state index is -0.616. The SMILES string of the molecule is OC[C@@H](O)CSc1ccccc1. The number of thioether (sulfide) groups is 1. The van der Waals surface area contributed by atoms with Crippen LogP contribution in [0, 0.1) is 0 Å². The average molecular weight is 184 g/mol. The highest BCUT2D eigenvalue weighted by Crippen LogP contribution is 2.17. The molecule has 1 aromatic carbocycles. The van der Waals surface area contributed by atoms with E-state index in [-0.39, 0.29) is 6.61 Å². The zero-order chi connectivity index (χ0) is 8.81. The molecule has 0 spiro atoms. The van der Waals surface area contributed by atoms with Crippen LogP contribution in [0.1, 0.15) is 0 Å². The number of aliphatic hydroxyl groups excluding tert-OH is 2. The van der Waals surface area contributed by atoms with Crippen molar-refractivity contribution < 1.29 is 10.2 Å². The molecule has 0 heterocycles. The first-order chi connectivity index (χ1) is 5.83.